The fourth-order valence-electron chi connectivity index (χ4n) is 1.29. The summed E-state index contributed by atoms with van der Waals surface area (Å²) < 4.78 is 30.9. The van der Waals surface area contributed by atoms with Crippen LogP contribution >= 0.6 is 0 Å². The van der Waals surface area contributed by atoms with Crippen LogP contribution in [0.4, 0.5) is 0 Å². The number of rotatable bonds is 7. The van der Waals surface area contributed by atoms with Gasteiger partial charge in [-0.2, -0.15) is 0 Å². The molecule has 0 atom stereocenters. The summed E-state index contributed by atoms with van der Waals surface area (Å²) in [6.07, 6.45) is 1.54. The number of phenolic OH excluding ortho intramolecular Hbond substituents is 1. The Morgan fingerprint density at radius 1 is 1.24 bits per heavy atom. The van der Waals surface area contributed by atoms with Gasteiger partial charge in [-0.1, -0.05) is 0 Å². The molecule has 1 rings (SSSR count). The second-order valence-corrected chi connectivity index (χ2v) is 5.36. The molecule has 0 spiro atoms. The second-order valence-electron chi connectivity index (χ2n) is 3.59. The molecule has 0 aliphatic heterocycles. The molecule has 0 fully saturated rings. The van der Waals surface area contributed by atoms with E-state index >= 15 is 0 Å². The summed E-state index contributed by atoms with van der Waals surface area (Å²) >= 11 is 0. The molecule has 0 amide bonds. The molecule has 17 heavy (non-hydrogen) atoms. The van der Waals surface area contributed by atoms with Crippen molar-refractivity contribution in [3.63, 3.8) is 0 Å². The summed E-state index contributed by atoms with van der Waals surface area (Å²) in [4.78, 5) is 0.155. The Bertz CT molecular complexity index is 427. The summed E-state index contributed by atoms with van der Waals surface area (Å²) in [7, 11) is -1.85. The Morgan fingerprint density at radius 2 is 1.88 bits per heavy atom. The average Bonchev–Trinajstić information content (AvgIpc) is 2.29. The standard InChI is InChI=1S/C11H17NO4S/c1-16-9-3-2-8-12-17(14,15)11-6-4-10(13)5-7-11/h4-7,12-13H,2-3,8-9H2,1H3. The molecule has 0 unspecified atom stereocenters. The van der Waals surface area contributed by atoms with Gasteiger partial charge < -0.3 is 9.84 Å². The monoisotopic (exact) mass is 259 g/mol. The van der Waals surface area contributed by atoms with Crippen LogP contribution in [0.1, 0.15) is 12.8 Å². The molecule has 6 heteroatoms. The molecule has 0 heterocycles. The lowest BCUT2D eigenvalue weighted by molar-refractivity contribution is 0.193. The van der Waals surface area contributed by atoms with Crippen molar-refractivity contribution in [1.82, 2.24) is 4.72 Å². The van der Waals surface area contributed by atoms with Crippen LogP contribution in [0.3, 0.4) is 0 Å². The number of nitrogens with one attached hydrogen (secondary N) is 1. The van der Waals surface area contributed by atoms with Crippen molar-refractivity contribution in [3.8, 4) is 5.75 Å². The van der Waals surface area contributed by atoms with Crippen LogP contribution in [0.2, 0.25) is 0 Å². The SMILES string of the molecule is COCCCCNS(=O)(=O)c1ccc(O)cc1. The van der Waals surface area contributed by atoms with E-state index in [0.717, 1.165) is 12.8 Å². The van der Waals surface area contributed by atoms with Gasteiger partial charge in [-0.3, -0.25) is 0 Å². The number of ether oxygens (including phenoxy) is 1. The van der Waals surface area contributed by atoms with Crippen molar-refractivity contribution in [2.45, 2.75) is 17.7 Å². The first-order valence-electron chi connectivity index (χ1n) is 5.34. The largest absolute Gasteiger partial charge is 0.508 e. The van der Waals surface area contributed by atoms with Gasteiger partial charge in [0.15, 0.2) is 0 Å². The highest BCUT2D eigenvalue weighted by atomic mass is 32.2. The lowest BCUT2D eigenvalue weighted by atomic mass is 10.3. The van der Waals surface area contributed by atoms with E-state index in [2.05, 4.69) is 4.72 Å². The van der Waals surface area contributed by atoms with E-state index in [-0.39, 0.29) is 10.6 Å². The van der Waals surface area contributed by atoms with Gasteiger partial charge in [0, 0.05) is 20.3 Å². The summed E-state index contributed by atoms with van der Waals surface area (Å²) in [5.41, 5.74) is 0. The minimum absolute atomic E-state index is 0.0454. The molecule has 0 aromatic heterocycles. The third-order valence-electron chi connectivity index (χ3n) is 2.21. The molecule has 1 aromatic rings. The summed E-state index contributed by atoms with van der Waals surface area (Å²) in [5.74, 6) is 0.0454. The van der Waals surface area contributed by atoms with E-state index in [4.69, 9.17) is 9.84 Å². The maximum absolute atomic E-state index is 11.8. The normalized spacial score (nSPS) is 11.6. The number of hydrogen-bond donors (Lipinski definition) is 2. The van der Waals surface area contributed by atoms with Gasteiger partial charge in [0.2, 0.25) is 10.0 Å². The van der Waals surface area contributed by atoms with Crippen LogP contribution in [0.25, 0.3) is 0 Å². The highest BCUT2D eigenvalue weighted by molar-refractivity contribution is 7.89. The summed E-state index contributed by atoms with van der Waals surface area (Å²) in [6, 6.07) is 5.43. The van der Waals surface area contributed by atoms with Crippen molar-refractivity contribution in [2.24, 2.45) is 0 Å². The average molecular weight is 259 g/mol. The molecule has 0 saturated carbocycles. The molecule has 96 valence electrons. The fourth-order valence-corrected chi connectivity index (χ4v) is 2.36. The maximum atomic E-state index is 11.8. The first-order chi connectivity index (χ1) is 8.06. The van der Waals surface area contributed by atoms with Crippen LogP contribution in [0.5, 0.6) is 5.75 Å². The third-order valence-corrected chi connectivity index (χ3v) is 3.69. The molecule has 5 nitrogen and oxygen atoms in total. The van der Waals surface area contributed by atoms with Crippen LogP contribution in [-0.2, 0) is 14.8 Å². The highest BCUT2D eigenvalue weighted by Crippen LogP contribution is 2.13. The molecule has 0 bridgehead atoms. The number of sulfonamides is 1. The molecule has 2 N–H and O–H groups in total. The number of methoxy groups -OCH3 is 1. The Morgan fingerprint density at radius 3 is 2.47 bits per heavy atom. The van der Waals surface area contributed by atoms with E-state index in [9.17, 15) is 8.42 Å². The van der Waals surface area contributed by atoms with Gasteiger partial charge in [0.05, 0.1) is 4.90 Å². The molecular weight excluding hydrogens is 242 g/mol. The van der Waals surface area contributed by atoms with Crippen molar-refractivity contribution in [3.05, 3.63) is 24.3 Å². The number of benzene rings is 1. The number of unbranched alkanes of at least 4 members (excludes halogenated alkanes) is 1. The zero-order chi connectivity index (χ0) is 12.7. The first-order valence-corrected chi connectivity index (χ1v) is 6.82. The lowest BCUT2D eigenvalue weighted by Gasteiger charge is -2.06. The van der Waals surface area contributed by atoms with E-state index in [1.54, 1.807) is 7.11 Å². The van der Waals surface area contributed by atoms with Gasteiger partial charge in [-0.15, -0.1) is 0 Å². The Balaban J connectivity index is 2.48. The highest BCUT2D eigenvalue weighted by Gasteiger charge is 2.12. The van der Waals surface area contributed by atoms with Crippen LogP contribution in [0, 0.1) is 0 Å². The van der Waals surface area contributed by atoms with Crippen molar-refractivity contribution in [1.29, 1.82) is 0 Å². The molecular formula is C11H17NO4S. The smallest absolute Gasteiger partial charge is 0.240 e. The van der Waals surface area contributed by atoms with E-state index < -0.39 is 10.0 Å². The molecule has 0 saturated heterocycles. The molecule has 1 aromatic carbocycles. The van der Waals surface area contributed by atoms with Crippen LogP contribution in [-0.4, -0.2) is 33.8 Å². The van der Waals surface area contributed by atoms with Crippen LogP contribution < -0.4 is 4.72 Å². The number of hydrogen-bond acceptors (Lipinski definition) is 4. The number of phenols is 1. The van der Waals surface area contributed by atoms with Crippen molar-refractivity contribution < 1.29 is 18.3 Å². The predicted molar refractivity (Wildman–Crippen MR) is 64.4 cm³/mol. The van der Waals surface area contributed by atoms with E-state index in [0.29, 0.717) is 13.2 Å². The Labute approximate surface area is 101 Å². The van der Waals surface area contributed by atoms with Crippen molar-refractivity contribution in [2.75, 3.05) is 20.3 Å². The molecule has 0 aliphatic rings. The molecule has 0 aliphatic carbocycles. The van der Waals surface area contributed by atoms with Gasteiger partial charge in [0.25, 0.3) is 0 Å². The first kappa shape index (κ1) is 14.0. The van der Waals surface area contributed by atoms with Gasteiger partial charge in [-0.05, 0) is 37.1 Å². The third kappa shape index (κ3) is 4.72. The lowest BCUT2D eigenvalue weighted by Crippen LogP contribution is -2.24. The molecule has 0 radical (unpaired) electrons. The maximum Gasteiger partial charge on any atom is 0.240 e. The Kier molecular flexibility index (Phi) is 5.40. The van der Waals surface area contributed by atoms with Gasteiger partial charge in [-0.25, -0.2) is 13.1 Å². The predicted octanol–water partition coefficient (Wildman–Crippen LogP) is 1.10. The quantitative estimate of drug-likeness (QED) is 0.719. The van der Waals surface area contributed by atoms with Gasteiger partial charge in [0.1, 0.15) is 5.75 Å². The minimum Gasteiger partial charge on any atom is -0.508 e. The second kappa shape index (κ2) is 6.58. The fraction of sp³-hybridized carbons (Fsp3) is 0.455. The van der Waals surface area contributed by atoms with Crippen molar-refractivity contribution >= 4 is 10.0 Å². The van der Waals surface area contributed by atoms with E-state index in [1.165, 1.54) is 24.3 Å². The Hall–Kier alpha value is -1.11. The van der Waals surface area contributed by atoms with E-state index in [1.807, 2.05) is 0 Å². The number of aromatic hydroxyl groups is 1. The van der Waals surface area contributed by atoms with Gasteiger partial charge >= 0.3 is 0 Å². The topological polar surface area (TPSA) is 75.6 Å². The summed E-state index contributed by atoms with van der Waals surface area (Å²) in [5, 5.41) is 9.07. The minimum atomic E-state index is -3.47. The zero-order valence-corrected chi connectivity index (χ0v) is 10.5. The summed E-state index contributed by atoms with van der Waals surface area (Å²) in [6.45, 7) is 1.01. The zero-order valence-electron chi connectivity index (χ0n) is 9.72. The van der Waals surface area contributed by atoms with Crippen LogP contribution in [0.15, 0.2) is 29.2 Å².